The van der Waals surface area contributed by atoms with Crippen molar-refractivity contribution in [3.63, 3.8) is 0 Å². The number of ether oxygens (including phenoxy) is 1. The van der Waals surface area contributed by atoms with Crippen LogP contribution in [-0.2, 0) is 14.3 Å². The second-order valence-corrected chi connectivity index (χ2v) is 10.7. The Bertz CT molecular complexity index is 913. The summed E-state index contributed by atoms with van der Waals surface area (Å²) in [6.07, 6.45) is 2.23. The van der Waals surface area contributed by atoms with Gasteiger partial charge in [0.25, 0.3) is 0 Å². The SMILES string of the molecule is CC1(C)CC(=O)C2=C(C1)OC1=C(C(=O)CC(C)(C)C1)C2c1ccc(O)c(Br)c1. The molecule has 1 aromatic carbocycles. The lowest BCUT2D eigenvalue weighted by atomic mass is 9.65. The van der Waals surface area contributed by atoms with Crippen LogP contribution in [0.3, 0.4) is 0 Å². The molecule has 4 nitrogen and oxygen atoms in total. The number of hydrogen-bond acceptors (Lipinski definition) is 4. The summed E-state index contributed by atoms with van der Waals surface area (Å²) in [5.74, 6) is 1.21. The minimum Gasteiger partial charge on any atom is -0.507 e. The third-order valence-electron chi connectivity index (χ3n) is 5.89. The lowest BCUT2D eigenvalue weighted by molar-refractivity contribution is -0.120. The smallest absolute Gasteiger partial charge is 0.163 e. The summed E-state index contributed by atoms with van der Waals surface area (Å²) in [6.45, 7) is 8.29. The third-order valence-corrected chi connectivity index (χ3v) is 6.52. The van der Waals surface area contributed by atoms with Crippen LogP contribution in [0.15, 0.2) is 45.3 Å². The monoisotopic (exact) mass is 444 g/mol. The zero-order valence-corrected chi connectivity index (χ0v) is 18.3. The number of aromatic hydroxyl groups is 1. The van der Waals surface area contributed by atoms with Crippen molar-refractivity contribution >= 4 is 27.5 Å². The molecule has 1 N–H and O–H groups in total. The molecule has 2 aliphatic carbocycles. The quantitative estimate of drug-likeness (QED) is 0.615. The van der Waals surface area contributed by atoms with Crippen LogP contribution in [0, 0.1) is 10.8 Å². The molecule has 28 heavy (non-hydrogen) atoms. The second kappa shape index (κ2) is 6.31. The molecule has 0 spiro atoms. The molecular formula is C23H25BrO4. The summed E-state index contributed by atoms with van der Waals surface area (Å²) < 4.78 is 6.82. The number of hydrogen-bond donors (Lipinski definition) is 1. The van der Waals surface area contributed by atoms with E-state index in [1.165, 1.54) is 0 Å². The van der Waals surface area contributed by atoms with Crippen LogP contribution in [0.5, 0.6) is 5.75 Å². The highest BCUT2D eigenvalue weighted by molar-refractivity contribution is 9.10. The molecule has 0 radical (unpaired) electrons. The van der Waals surface area contributed by atoms with Crippen molar-refractivity contribution < 1.29 is 19.4 Å². The molecule has 1 aromatic rings. The van der Waals surface area contributed by atoms with E-state index in [1.807, 2.05) is 0 Å². The number of allylic oxidation sites excluding steroid dienone is 4. The minimum absolute atomic E-state index is 0.0460. The molecule has 0 bridgehead atoms. The Morgan fingerprint density at radius 3 is 1.89 bits per heavy atom. The topological polar surface area (TPSA) is 63.6 Å². The number of rotatable bonds is 1. The number of Topliss-reactive ketones (excluding diaryl/α,β-unsaturated/α-hetero) is 2. The highest BCUT2D eigenvalue weighted by Crippen LogP contribution is 2.53. The normalized spacial score (nSPS) is 24.0. The number of benzene rings is 1. The van der Waals surface area contributed by atoms with Gasteiger partial charge >= 0.3 is 0 Å². The van der Waals surface area contributed by atoms with Gasteiger partial charge in [-0.25, -0.2) is 0 Å². The van der Waals surface area contributed by atoms with Gasteiger partial charge in [-0.1, -0.05) is 33.8 Å². The minimum atomic E-state index is -0.428. The summed E-state index contributed by atoms with van der Waals surface area (Å²) in [5, 5.41) is 9.92. The van der Waals surface area contributed by atoms with Crippen molar-refractivity contribution in [3.8, 4) is 5.75 Å². The van der Waals surface area contributed by atoms with E-state index in [4.69, 9.17) is 4.74 Å². The van der Waals surface area contributed by atoms with Crippen LogP contribution in [0.2, 0.25) is 0 Å². The number of carbonyl (C=O) groups is 2. The van der Waals surface area contributed by atoms with Gasteiger partial charge in [-0.2, -0.15) is 0 Å². The van der Waals surface area contributed by atoms with Crippen LogP contribution in [0.4, 0.5) is 0 Å². The van der Waals surface area contributed by atoms with Gasteiger partial charge in [0.15, 0.2) is 11.6 Å². The first-order chi connectivity index (χ1) is 13.0. The molecule has 0 amide bonds. The van der Waals surface area contributed by atoms with E-state index in [0.29, 0.717) is 52.8 Å². The Morgan fingerprint density at radius 2 is 1.43 bits per heavy atom. The predicted molar refractivity (Wildman–Crippen MR) is 110 cm³/mol. The molecule has 0 saturated heterocycles. The molecule has 0 fully saturated rings. The van der Waals surface area contributed by atoms with Crippen LogP contribution < -0.4 is 0 Å². The lowest BCUT2D eigenvalue weighted by Crippen LogP contribution is -2.37. The van der Waals surface area contributed by atoms with Gasteiger partial charge in [-0.3, -0.25) is 9.59 Å². The standard InChI is InChI=1S/C23H25BrO4/c1-22(2)8-15(26)20-17(10-22)28-18-11-23(3,4)9-16(27)21(18)19(20)12-5-6-14(25)13(24)7-12/h5-7,19,25H,8-11H2,1-4H3. The first kappa shape index (κ1) is 19.4. The highest BCUT2D eigenvalue weighted by Gasteiger charge is 2.47. The van der Waals surface area contributed by atoms with Gasteiger partial charge in [-0.15, -0.1) is 0 Å². The summed E-state index contributed by atoms with van der Waals surface area (Å²) in [7, 11) is 0. The predicted octanol–water partition coefficient (Wildman–Crippen LogP) is 5.55. The molecule has 0 atom stereocenters. The number of halogens is 1. The fourth-order valence-electron chi connectivity index (χ4n) is 4.71. The summed E-state index contributed by atoms with van der Waals surface area (Å²) in [5.41, 5.74) is 1.73. The molecule has 4 rings (SSSR count). The van der Waals surface area contributed by atoms with Crippen molar-refractivity contribution in [1.82, 2.24) is 0 Å². The number of phenols is 1. The molecule has 1 aliphatic heterocycles. The first-order valence-corrected chi connectivity index (χ1v) is 10.5. The van der Waals surface area contributed by atoms with Gasteiger partial charge in [0.2, 0.25) is 0 Å². The lowest BCUT2D eigenvalue weighted by Gasteiger charge is -2.42. The second-order valence-electron chi connectivity index (χ2n) is 9.80. The molecular weight excluding hydrogens is 420 g/mol. The van der Waals surface area contributed by atoms with E-state index < -0.39 is 5.92 Å². The molecule has 1 heterocycles. The van der Waals surface area contributed by atoms with Crippen molar-refractivity contribution in [1.29, 1.82) is 0 Å². The molecule has 0 saturated carbocycles. The van der Waals surface area contributed by atoms with E-state index >= 15 is 0 Å². The average molecular weight is 445 g/mol. The Kier molecular flexibility index (Phi) is 4.38. The average Bonchev–Trinajstić information content (AvgIpc) is 2.53. The van der Waals surface area contributed by atoms with Crippen LogP contribution in [0.25, 0.3) is 0 Å². The fraction of sp³-hybridized carbons (Fsp3) is 0.478. The van der Waals surface area contributed by atoms with Crippen molar-refractivity contribution in [2.75, 3.05) is 0 Å². The molecule has 5 heteroatoms. The van der Waals surface area contributed by atoms with Crippen LogP contribution in [0.1, 0.15) is 64.9 Å². The van der Waals surface area contributed by atoms with Gasteiger partial charge < -0.3 is 9.84 Å². The van der Waals surface area contributed by atoms with E-state index in [-0.39, 0.29) is 28.1 Å². The molecule has 0 unspecified atom stereocenters. The number of phenolic OH excluding ortho intramolecular Hbond substituents is 1. The molecule has 0 aromatic heterocycles. The van der Waals surface area contributed by atoms with E-state index in [0.717, 1.165) is 5.56 Å². The molecule has 3 aliphatic rings. The van der Waals surface area contributed by atoms with Gasteiger partial charge in [0.05, 0.1) is 4.47 Å². The zero-order chi connectivity index (χ0) is 20.4. The van der Waals surface area contributed by atoms with Gasteiger partial charge in [-0.05, 0) is 44.5 Å². The van der Waals surface area contributed by atoms with Crippen LogP contribution >= 0.6 is 15.9 Å². The fourth-order valence-corrected chi connectivity index (χ4v) is 5.11. The zero-order valence-electron chi connectivity index (χ0n) is 16.7. The summed E-state index contributed by atoms with van der Waals surface area (Å²) in [4.78, 5) is 26.3. The number of ketones is 2. The highest BCUT2D eigenvalue weighted by atomic mass is 79.9. The Hall–Kier alpha value is -1.88. The summed E-state index contributed by atoms with van der Waals surface area (Å²) >= 11 is 3.37. The number of carbonyl (C=O) groups excluding carboxylic acids is 2. The maximum atomic E-state index is 13.2. The largest absolute Gasteiger partial charge is 0.507 e. The Morgan fingerprint density at radius 1 is 0.929 bits per heavy atom. The van der Waals surface area contributed by atoms with E-state index in [2.05, 4.69) is 43.6 Å². The van der Waals surface area contributed by atoms with Gasteiger partial charge in [0, 0.05) is 42.7 Å². The maximum absolute atomic E-state index is 13.2. The Labute approximate surface area is 173 Å². The first-order valence-electron chi connectivity index (χ1n) is 9.66. The Balaban J connectivity index is 1.93. The maximum Gasteiger partial charge on any atom is 0.163 e. The van der Waals surface area contributed by atoms with Crippen molar-refractivity contribution in [3.05, 3.63) is 50.9 Å². The molecule has 148 valence electrons. The van der Waals surface area contributed by atoms with Crippen LogP contribution in [-0.4, -0.2) is 16.7 Å². The van der Waals surface area contributed by atoms with E-state index in [1.54, 1.807) is 18.2 Å². The summed E-state index contributed by atoms with van der Waals surface area (Å²) in [6, 6.07) is 5.20. The van der Waals surface area contributed by atoms with E-state index in [9.17, 15) is 14.7 Å². The van der Waals surface area contributed by atoms with Crippen molar-refractivity contribution in [2.45, 2.75) is 59.3 Å². The van der Waals surface area contributed by atoms with Gasteiger partial charge in [0.1, 0.15) is 17.3 Å². The third kappa shape index (κ3) is 3.24. The van der Waals surface area contributed by atoms with Crippen molar-refractivity contribution in [2.24, 2.45) is 10.8 Å².